The molecule has 1 saturated carbocycles. The molecule has 2 aliphatic rings. The summed E-state index contributed by atoms with van der Waals surface area (Å²) < 4.78 is 28.0. The topological polar surface area (TPSA) is 75.3 Å². The lowest BCUT2D eigenvalue weighted by Crippen LogP contribution is -2.35. The van der Waals surface area contributed by atoms with Crippen molar-refractivity contribution in [1.29, 1.82) is 0 Å². The molecule has 0 aromatic heterocycles. The van der Waals surface area contributed by atoms with E-state index in [-0.39, 0.29) is 23.3 Å². The molecule has 6 heteroatoms. The molecule has 3 rings (SSSR count). The number of hydrogen-bond donors (Lipinski definition) is 2. The van der Waals surface area contributed by atoms with Gasteiger partial charge in [0, 0.05) is 11.7 Å². The SMILES string of the molecule is O=C1Cc2cc(S(=O)(=O)NC3CCCCCCC3)ccc2N1. The van der Waals surface area contributed by atoms with Crippen molar-refractivity contribution in [3.05, 3.63) is 23.8 Å². The van der Waals surface area contributed by atoms with Crippen molar-refractivity contribution in [3.8, 4) is 0 Å². The van der Waals surface area contributed by atoms with Crippen molar-refractivity contribution >= 4 is 21.6 Å². The van der Waals surface area contributed by atoms with Crippen molar-refractivity contribution in [2.75, 3.05) is 5.32 Å². The number of rotatable bonds is 3. The van der Waals surface area contributed by atoms with E-state index in [1.807, 2.05) is 0 Å². The smallest absolute Gasteiger partial charge is 0.240 e. The van der Waals surface area contributed by atoms with Crippen LogP contribution in [0.25, 0.3) is 0 Å². The Morgan fingerprint density at radius 2 is 1.73 bits per heavy atom. The van der Waals surface area contributed by atoms with Crippen LogP contribution in [0.5, 0.6) is 0 Å². The number of amides is 1. The highest BCUT2D eigenvalue weighted by Gasteiger charge is 2.24. The number of sulfonamides is 1. The van der Waals surface area contributed by atoms with Crippen LogP contribution in [-0.2, 0) is 21.2 Å². The minimum absolute atomic E-state index is 0.0262. The molecular formula is C16H22N2O3S. The second kappa shape index (κ2) is 6.38. The van der Waals surface area contributed by atoms with Gasteiger partial charge in [0.25, 0.3) is 0 Å². The number of carbonyl (C=O) groups excluding carboxylic acids is 1. The second-order valence-corrected chi connectivity index (χ2v) is 7.92. The third kappa shape index (κ3) is 3.50. The van der Waals surface area contributed by atoms with Gasteiger partial charge in [-0.05, 0) is 36.6 Å². The Bertz CT molecular complexity index is 662. The van der Waals surface area contributed by atoms with Crippen LogP contribution in [0.1, 0.15) is 50.5 Å². The minimum Gasteiger partial charge on any atom is -0.326 e. The lowest BCUT2D eigenvalue weighted by atomic mass is 9.97. The summed E-state index contributed by atoms with van der Waals surface area (Å²) in [5.74, 6) is -0.0856. The lowest BCUT2D eigenvalue weighted by molar-refractivity contribution is -0.115. The van der Waals surface area contributed by atoms with E-state index >= 15 is 0 Å². The first-order valence-corrected chi connectivity index (χ1v) is 9.48. The highest BCUT2D eigenvalue weighted by molar-refractivity contribution is 7.89. The average Bonchev–Trinajstić information content (AvgIpc) is 2.80. The van der Waals surface area contributed by atoms with Crippen molar-refractivity contribution in [2.45, 2.75) is 62.3 Å². The third-order valence-corrected chi connectivity index (χ3v) is 5.96. The van der Waals surface area contributed by atoms with Crippen molar-refractivity contribution < 1.29 is 13.2 Å². The molecule has 22 heavy (non-hydrogen) atoms. The molecule has 1 aromatic rings. The van der Waals surface area contributed by atoms with Gasteiger partial charge in [0.1, 0.15) is 0 Å². The first kappa shape index (κ1) is 15.5. The normalized spacial score (nSPS) is 20.1. The number of nitrogens with one attached hydrogen (secondary N) is 2. The van der Waals surface area contributed by atoms with Crippen LogP contribution in [0, 0.1) is 0 Å². The Labute approximate surface area is 131 Å². The maximum absolute atomic E-state index is 12.6. The number of benzene rings is 1. The van der Waals surface area contributed by atoms with Crippen molar-refractivity contribution in [1.82, 2.24) is 4.72 Å². The zero-order chi connectivity index (χ0) is 15.6. The van der Waals surface area contributed by atoms with E-state index < -0.39 is 10.0 Å². The summed E-state index contributed by atoms with van der Waals surface area (Å²) in [6, 6.07) is 4.87. The summed E-state index contributed by atoms with van der Waals surface area (Å²) in [6.45, 7) is 0. The number of hydrogen-bond acceptors (Lipinski definition) is 3. The molecule has 0 saturated heterocycles. The molecule has 0 spiro atoms. The van der Waals surface area contributed by atoms with Crippen LogP contribution in [0.2, 0.25) is 0 Å². The average molecular weight is 322 g/mol. The van der Waals surface area contributed by atoms with Gasteiger partial charge in [-0.2, -0.15) is 0 Å². The Morgan fingerprint density at radius 3 is 2.45 bits per heavy atom. The molecular weight excluding hydrogens is 300 g/mol. The molecule has 0 atom stereocenters. The van der Waals surface area contributed by atoms with E-state index in [1.165, 1.54) is 19.3 Å². The summed E-state index contributed by atoms with van der Waals surface area (Å²) in [5.41, 5.74) is 1.47. The van der Waals surface area contributed by atoms with Crippen LogP contribution in [0.3, 0.4) is 0 Å². The molecule has 0 unspecified atom stereocenters. The van der Waals surface area contributed by atoms with Gasteiger partial charge in [0.2, 0.25) is 15.9 Å². The number of anilines is 1. The molecule has 1 fully saturated rings. The zero-order valence-corrected chi connectivity index (χ0v) is 13.4. The Morgan fingerprint density at radius 1 is 1.05 bits per heavy atom. The molecule has 0 bridgehead atoms. The summed E-state index contributed by atoms with van der Waals surface area (Å²) in [5, 5.41) is 2.72. The second-order valence-electron chi connectivity index (χ2n) is 6.21. The summed E-state index contributed by atoms with van der Waals surface area (Å²) in [7, 11) is -3.52. The molecule has 1 amide bonds. The minimum atomic E-state index is -3.52. The molecule has 1 heterocycles. The quantitative estimate of drug-likeness (QED) is 0.898. The first-order chi connectivity index (χ1) is 10.5. The summed E-state index contributed by atoms with van der Waals surface area (Å²) in [6.07, 6.45) is 7.85. The van der Waals surface area contributed by atoms with Gasteiger partial charge in [-0.25, -0.2) is 13.1 Å². The van der Waals surface area contributed by atoms with Gasteiger partial charge < -0.3 is 5.32 Å². The van der Waals surface area contributed by atoms with E-state index in [9.17, 15) is 13.2 Å². The fourth-order valence-corrected chi connectivity index (χ4v) is 4.59. The van der Waals surface area contributed by atoms with Crippen LogP contribution < -0.4 is 10.0 Å². The highest BCUT2D eigenvalue weighted by atomic mass is 32.2. The van der Waals surface area contributed by atoms with Gasteiger partial charge in [0.05, 0.1) is 11.3 Å². The summed E-state index contributed by atoms with van der Waals surface area (Å²) in [4.78, 5) is 11.6. The van der Waals surface area contributed by atoms with Crippen LogP contribution in [-0.4, -0.2) is 20.4 Å². The van der Waals surface area contributed by atoms with E-state index in [4.69, 9.17) is 0 Å². The van der Waals surface area contributed by atoms with Gasteiger partial charge in [-0.15, -0.1) is 0 Å². The van der Waals surface area contributed by atoms with Crippen LogP contribution >= 0.6 is 0 Å². The Kier molecular flexibility index (Phi) is 4.49. The fraction of sp³-hybridized carbons (Fsp3) is 0.562. The van der Waals surface area contributed by atoms with E-state index in [2.05, 4.69) is 10.0 Å². The predicted molar refractivity (Wildman–Crippen MR) is 85.2 cm³/mol. The molecule has 1 aliphatic carbocycles. The zero-order valence-electron chi connectivity index (χ0n) is 12.6. The summed E-state index contributed by atoms with van der Waals surface area (Å²) >= 11 is 0. The van der Waals surface area contributed by atoms with Gasteiger partial charge in [-0.1, -0.05) is 32.1 Å². The number of carbonyl (C=O) groups is 1. The largest absolute Gasteiger partial charge is 0.326 e. The molecule has 1 aliphatic heterocycles. The molecule has 0 radical (unpaired) electrons. The van der Waals surface area contributed by atoms with Gasteiger partial charge in [0.15, 0.2) is 0 Å². The number of fused-ring (bicyclic) bond motifs is 1. The van der Waals surface area contributed by atoms with E-state index in [0.29, 0.717) is 0 Å². The molecule has 120 valence electrons. The van der Waals surface area contributed by atoms with Crippen molar-refractivity contribution in [3.63, 3.8) is 0 Å². The molecule has 1 aromatic carbocycles. The standard InChI is InChI=1S/C16H22N2O3S/c19-16-11-12-10-14(8-9-15(12)17-16)22(20,21)18-13-6-4-2-1-3-5-7-13/h8-10,13,18H,1-7,11H2,(H,17,19). The lowest BCUT2D eigenvalue weighted by Gasteiger charge is -2.21. The maximum Gasteiger partial charge on any atom is 0.240 e. The maximum atomic E-state index is 12.6. The monoisotopic (exact) mass is 322 g/mol. The van der Waals surface area contributed by atoms with Crippen LogP contribution in [0.15, 0.2) is 23.1 Å². The van der Waals surface area contributed by atoms with E-state index in [1.54, 1.807) is 18.2 Å². The predicted octanol–water partition coefficient (Wildman–Crippen LogP) is 2.57. The Balaban J connectivity index is 1.75. The third-order valence-electron chi connectivity index (χ3n) is 4.44. The highest BCUT2D eigenvalue weighted by Crippen LogP contribution is 2.26. The van der Waals surface area contributed by atoms with Crippen molar-refractivity contribution in [2.24, 2.45) is 0 Å². The fourth-order valence-electron chi connectivity index (χ4n) is 3.23. The van der Waals surface area contributed by atoms with Crippen LogP contribution in [0.4, 0.5) is 5.69 Å². The first-order valence-electron chi connectivity index (χ1n) is 8.00. The molecule has 2 N–H and O–H groups in total. The Hall–Kier alpha value is -1.40. The van der Waals surface area contributed by atoms with Gasteiger partial charge in [-0.3, -0.25) is 4.79 Å². The van der Waals surface area contributed by atoms with Gasteiger partial charge >= 0.3 is 0 Å². The van der Waals surface area contributed by atoms with E-state index in [0.717, 1.165) is 36.9 Å². The molecule has 5 nitrogen and oxygen atoms in total.